The van der Waals surface area contributed by atoms with Crippen LogP contribution in [-0.4, -0.2) is 92.1 Å². The predicted molar refractivity (Wildman–Crippen MR) is 81.4 cm³/mol. The lowest BCUT2D eigenvalue weighted by Crippen LogP contribution is -2.32. The first kappa shape index (κ1) is 22.8. The molecule has 3 atom stereocenters. The number of carbonyl (C=O) groups is 3. The van der Waals surface area contributed by atoms with Crippen molar-refractivity contribution in [2.45, 2.75) is 31.7 Å². The van der Waals surface area contributed by atoms with Gasteiger partial charge < -0.3 is 43.9 Å². The van der Waals surface area contributed by atoms with Gasteiger partial charge in [0.1, 0.15) is 18.3 Å². The summed E-state index contributed by atoms with van der Waals surface area (Å²) < 4.78 is 13.5. The molecular weight excluding hydrogens is 324 g/mol. The fourth-order valence-corrected chi connectivity index (χ4v) is 0.888. The van der Waals surface area contributed by atoms with E-state index in [1.807, 2.05) is 6.92 Å². The van der Waals surface area contributed by atoms with Crippen molar-refractivity contribution in [2.24, 2.45) is 5.41 Å². The molecule has 9 heteroatoms. The molecule has 140 valence electrons. The zero-order valence-electron chi connectivity index (χ0n) is 13.7. The van der Waals surface area contributed by atoms with Crippen molar-refractivity contribution in [3.63, 3.8) is 0 Å². The van der Waals surface area contributed by atoms with Crippen LogP contribution in [0.1, 0.15) is 13.3 Å². The lowest BCUT2D eigenvalue weighted by molar-refractivity contribution is -0.109. The van der Waals surface area contributed by atoms with E-state index < -0.39 is 5.41 Å². The lowest BCUT2D eigenvalue weighted by Gasteiger charge is -2.24. The van der Waals surface area contributed by atoms with E-state index in [0.717, 1.165) is 18.9 Å². The third-order valence-corrected chi connectivity index (χ3v) is 3.29. The second kappa shape index (κ2) is 13.1. The summed E-state index contributed by atoms with van der Waals surface area (Å²) in [4.78, 5) is 28.3. The number of ether oxygens (including phenoxy) is 3. The Morgan fingerprint density at radius 3 is 1.04 bits per heavy atom. The maximum atomic E-state index is 9.44. The van der Waals surface area contributed by atoms with Gasteiger partial charge in [-0.25, -0.2) is 0 Å². The summed E-state index contributed by atoms with van der Waals surface area (Å²) in [6.45, 7) is 3.28. The topological polar surface area (TPSA) is 149 Å². The van der Waals surface area contributed by atoms with Crippen molar-refractivity contribution >= 4 is 18.9 Å². The summed E-state index contributed by atoms with van der Waals surface area (Å²) in [5, 5.41) is 26.0. The molecule has 3 unspecified atom stereocenters. The maximum absolute atomic E-state index is 9.44. The Bertz CT molecular complexity index is 289. The fourth-order valence-electron chi connectivity index (χ4n) is 0.888. The van der Waals surface area contributed by atoms with Crippen LogP contribution in [0.4, 0.5) is 0 Å². The van der Waals surface area contributed by atoms with E-state index in [4.69, 9.17) is 15.3 Å². The van der Waals surface area contributed by atoms with Crippen molar-refractivity contribution in [3.05, 3.63) is 0 Å². The maximum Gasteiger partial charge on any atom is 0.151 e. The number of carbonyl (C=O) groups excluding carboxylic acids is 3. The van der Waals surface area contributed by atoms with Gasteiger partial charge in [-0.05, 0) is 6.42 Å². The first-order valence-electron chi connectivity index (χ1n) is 7.57. The van der Waals surface area contributed by atoms with E-state index in [-0.39, 0.29) is 38.1 Å². The summed E-state index contributed by atoms with van der Waals surface area (Å²) in [5.74, 6) is 0. The van der Waals surface area contributed by atoms with Crippen molar-refractivity contribution in [1.29, 1.82) is 0 Å². The Kier molecular flexibility index (Phi) is 12.4. The average molecular weight is 350 g/mol. The van der Waals surface area contributed by atoms with Crippen LogP contribution >= 0.6 is 0 Å². The summed E-state index contributed by atoms with van der Waals surface area (Å²) in [5.41, 5.74) is -0.667. The highest BCUT2D eigenvalue weighted by Gasteiger charge is 2.25. The molecule has 0 aliphatic carbocycles. The van der Waals surface area contributed by atoms with Gasteiger partial charge in [-0.2, -0.15) is 0 Å². The number of aliphatic hydroxyl groups is 3. The number of aliphatic hydroxyl groups excluding tert-OH is 3. The average Bonchev–Trinajstić information content (AvgIpc) is 3.49. The van der Waals surface area contributed by atoms with Gasteiger partial charge in [-0.15, -0.1) is 0 Å². The molecule has 3 heterocycles. The van der Waals surface area contributed by atoms with Crippen molar-refractivity contribution in [3.8, 4) is 0 Å². The largest absolute Gasteiger partial charge is 0.396 e. The second-order valence-electron chi connectivity index (χ2n) is 5.35. The van der Waals surface area contributed by atoms with Gasteiger partial charge in [0.15, 0.2) is 18.9 Å². The van der Waals surface area contributed by atoms with E-state index >= 15 is 0 Å². The van der Waals surface area contributed by atoms with E-state index in [0.29, 0.717) is 26.2 Å². The van der Waals surface area contributed by atoms with Crippen molar-refractivity contribution < 1.29 is 43.9 Å². The van der Waals surface area contributed by atoms with Gasteiger partial charge in [0.25, 0.3) is 0 Å². The Morgan fingerprint density at radius 2 is 1.04 bits per heavy atom. The molecule has 3 N–H and O–H groups in total. The number of rotatable bonds is 7. The molecule has 0 spiro atoms. The minimum Gasteiger partial charge on any atom is -0.396 e. The van der Waals surface area contributed by atoms with Crippen LogP contribution in [0.15, 0.2) is 0 Å². The zero-order valence-corrected chi connectivity index (χ0v) is 13.7. The van der Waals surface area contributed by atoms with Crippen molar-refractivity contribution in [1.82, 2.24) is 0 Å². The zero-order chi connectivity index (χ0) is 18.4. The second-order valence-corrected chi connectivity index (χ2v) is 5.35. The van der Waals surface area contributed by atoms with Gasteiger partial charge in [0.05, 0.1) is 39.6 Å². The van der Waals surface area contributed by atoms with Gasteiger partial charge in [0.2, 0.25) is 0 Å². The van der Waals surface area contributed by atoms with Crippen LogP contribution in [0.5, 0.6) is 0 Å². The molecule has 0 radical (unpaired) electrons. The van der Waals surface area contributed by atoms with Crippen LogP contribution in [0.25, 0.3) is 0 Å². The summed E-state index contributed by atoms with van der Waals surface area (Å²) >= 11 is 0. The van der Waals surface area contributed by atoms with Crippen LogP contribution in [0.2, 0.25) is 0 Å². The molecule has 3 fully saturated rings. The predicted octanol–water partition coefficient (Wildman–Crippen LogP) is -1.89. The lowest BCUT2D eigenvalue weighted by atomic mass is 9.88. The normalized spacial score (nSPS) is 25.2. The van der Waals surface area contributed by atoms with E-state index in [1.165, 1.54) is 0 Å². The van der Waals surface area contributed by atoms with Gasteiger partial charge >= 0.3 is 0 Å². The van der Waals surface area contributed by atoms with Crippen LogP contribution in [0.3, 0.4) is 0 Å². The first-order valence-corrected chi connectivity index (χ1v) is 7.57. The van der Waals surface area contributed by atoms with Crippen LogP contribution in [0, 0.1) is 5.41 Å². The monoisotopic (exact) mass is 350 g/mol. The Labute approximate surface area is 140 Å². The van der Waals surface area contributed by atoms with E-state index in [1.54, 1.807) is 0 Å². The summed E-state index contributed by atoms with van der Waals surface area (Å²) in [6.07, 6.45) is 2.87. The van der Waals surface area contributed by atoms with Crippen LogP contribution in [-0.2, 0) is 28.6 Å². The summed E-state index contributed by atoms with van der Waals surface area (Å²) in [6, 6.07) is 0. The molecule has 0 aromatic rings. The molecule has 0 saturated carbocycles. The first-order chi connectivity index (χ1) is 11.5. The molecule has 3 aliphatic heterocycles. The minimum atomic E-state index is -0.667. The molecule has 0 aromatic carbocycles. The highest BCUT2D eigenvalue weighted by atomic mass is 16.6. The van der Waals surface area contributed by atoms with Crippen molar-refractivity contribution in [2.75, 3.05) is 39.6 Å². The molecule has 0 amide bonds. The SMILES string of the molecule is CCC(CO)(CO)CO.O=CC1CO1.O=CC1CO1.O=CC1CO1. The molecular formula is C15H26O9. The Morgan fingerprint density at radius 1 is 0.792 bits per heavy atom. The number of aldehydes is 3. The molecule has 3 rings (SSSR count). The summed E-state index contributed by atoms with van der Waals surface area (Å²) in [7, 11) is 0. The highest BCUT2D eigenvalue weighted by Crippen LogP contribution is 2.18. The molecule has 3 saturated heterocycles. The molecule has 0 aromatic heterocycles. The third-order valence-electron chi connectivity index (χ3n) is 3.29. The Hall–Kier alpha value is -1.23. The molecule has 0 bridgehead atoms. The number of epoxide rings is 3. The quantitative estimate of drug-likeness (QED) is 0.354. The van der Waals surface area contributed by atoms with E-state index in [2.05, 4.69) is 14.2 Å². The number of hydrogen-bond donors (Lipinski definition) is 3. The fraction of sp³-hybridized carbons (Fsp3) is 0.800. The third kappa shape index (κ3) is 12.2. The minimum absolute atomic E-state index is 0.0463. The molecule has 3 aliphatic rings. The van der Waals surface area contributed by atoms with Gasteiger partial charge in [-0.1, -0.05) is 6.92 Å². The molecule has 24 heavy (non-hydrogen) atoms. The van der Waals surface area contributed by atoms with Gasteiger partial charge in [-0.3, -0.25) is 0 Å². The number of hydrogen-bond acceptors (Lipinski definition) is 9. The highest BCUT2D eigenvalue weighted by molar-refractivity contribution is 5.59. The smallest absolute Gasteiger partial charge is 0.151 e. The Balaban J connectivity index is 0.000000304. The van der Waals surface area contributed by atoms with Crippen LogP contribution < -0.4 is 0 Å². The van der Waals surface area contributed by atoms with E-state index in [9.17, 15) is 14.4 Å². The standard InChI is InChI=1S/C6H14O3.3C3H4O2/c1-2-6(3-7,4-8)5-9;3*4-1-3-2-5-3/h7-9H,2-5H2,1H3;3*1,3H,2H2. The van der Waals surface area contributed by atoms with Gasteiger partial charge in [0, 0.05) is 5.41 Å². The molecule has 9 nitrogen and oxygen atoms in total.